The summed E-state index contributed by atoms with van der Waals surface area (Å²) in [5.74, 6) is -0.473. The summed E-state index contributed by atoms with van der Waals surface area (Å²) in [6, 6.07) is 4.93. The Morgan fingerprint density at radius 3 is 3.00 bits per heavy atom. The van der Waals surface area contributed by atoms with Crippen LogP contribution in [0.5, 0.6) is 0 Å². The standard InChI is InChI=1S/C14H18BrFN2O/c15-13-5-4-11(16)6-10(13)8-18-12-3-1-2-9(7-12)14(17)19/h4-6,9,12,18H,1-3,7-8H2,(H2,17,19)/t9-,12+/m1/s1. The highest BCUT2D eigenvalue weighted by molar-refractivity contribution is 9.10. The summed E-state index contributed by atoms with van der Waals surface area (Å²) in [7, 11) is 0. The van der Waals surface area contributed by atoms with Crippen molar-refractivity contribution in [3.63, 3.8) is 0 Å². The molecule has 1 aromatic carbocycles. The van der Waals surface area contributed by atoms with Crippen LogP contribution in [-0.4, -0.2) is 11.9 Å². The van der Waals surface area contributed by atoms with E-state index in [-0.39, 0.29) is 23.7 Å². The molecule has 3 N–H and O–H groups in total. The number of hydrogen-bond donors (Lipinski definition) is 2. The van der Waals surface area contributed by atoms with Gasteiger partial charge in [0.2, 0.25) is 5.91 Å². The summed E-state index contributed by atoms with van der Waals surface area (Å²) < 4.78 is 14.1. The molecule has 1 aliphatic rings. The van der Waals surface area contributed by atoms with Crippen LogP contribution in [0.1, 0.15) is 31.2 Å². The van der Waals surface area contributed by atoms with Crippen molar-refractivity contribution in [1.82, 2.24) is 5.32 Å². The van der Waals surface area contributed by atoms with Crippen LogP contribution in [0, 0.1) is 11.7 Å². The van der Waals surface area contributed by atoms with Gasteiger partial charge in [0.1, 0.15) is 5.82 Å². The molecule has 0 aromatic heterocycles. The molecule has 0 radical (unpaired) electrons. The number of carbonyl (C=O) groups excluding carboxylic acids is 1. The maximum absolute atomic E-state index is 13.2. The minimum absolute atomic E-state index is 0.0257. The molecule has 0 spiro atoms. The molecule has 0 aliphatic heterocycles. The smallest absolute Gasteiger partial charge is 0.220 e. The summed E-state index contributed by atoms with van der Waals surface area (Å²) in [6.07, 6.45) is 3.71. The molecular weight excluding hydrogens is 311 g/mol. The Labute approximate surface area is 120 Å². The topological polar surface area (TPSA) is 55.1 Å². The minimum Gasteiger partial charge on any atom is -0.369 e. The predicted molar refractivity (Wildman–Crippen MR) is 75.9 cm³/mol. The van der Waals surface area contributed by atoms with Crippen LogP contribution in [-0.2, 0) is 11.3 Å². The Bertz CT molecular complexity index is 467. The van der Waals surface area contributed by atoms with Crippen molar-refractivity contribution in [3.05, 3.63) is 34.1 Å². The number of nitrogens with one attached hydrogen (secondary N) is 1. The van der Waals surface area contributed by atoms with Crippen molar-refractivity contribution in [2.45, 2.75) is 38.3 Å². The van der Waals surface area contributed by atoms with E-state index >= 15 is 0 Å². The van der Waals surface area contributed by atoms with Crippen molar-refractivity contribution in [2.75, 3.05) is 0 Å². The van der Waals surface area contributed by atoms with E-state index < -0.39 is 0 Å². The van der Waals surface area contributed by atoms with Crippen molar-refractivity contribution in [3.8, 4) is 0 Å². The molecule has 1 aliphatic carbocycles. The highest BCUT2D eigenvalue weighted by Gasteiger charge is 2.25. The second-order valence-electron chi connectivity index (χ2n) is 5.08. The van der Waals surface area contributed by atoms with Crippen molar-refractivity contribution in [2.24, 2.45) is 11.7 Å². The summed E-state index contributed by atoms with van der Waals surface area (Å²) in [4.78, 5) is 11.2. The Morgan fingerprint density at radius 1 is 1.47 bits per heavy atom. The first-order chi connectivity index (χ1) is 9.06. The second kappa shape index (κ2) is 6.48. The van der Waals surface area contributed by atoms with E-state index in [2.05, 4.69) is 21.2 Å². The zero-order chi connectivity index (χ0) is 13.8. The lowest BCUT2D eigenvalue weighted by Crippen LogP contribution is -2.38. The predicted octanol–water partition coefficient (Wildman–Crippen LogP) is 2.72. The molecular formula is C14H18BrFN2O. The third-order valence-electron chi connectivity index (χ3n) is 3.67. The third kappa shape index (κ3) is 4.01. The molecule has 1 fully saturated rings. The highest BCUT2D eigenvalue weighted by atomic mass is 79.9. The Hall–Kier alpha value is -0.940. The van der Waals surface area contributed by atoms with Gasteiger partial charge in [0.25, 0.3) is 0 Å². The van der Waals surface area contributed by atoms with E-state index in [0.29, 0.717) is 6.54 Å². The molecule has 2 rings (SSSR count). The maximum Gasteiger partial charge on any atom is 0.220 e. The molecule has 0 unspecified atom stereocenters. The number of carbonyl (C=O) groups is 1. The lowest BCUT2D eigenvalue weighted by molar-refractivity contribution is -0.122. The summed E-state index contributed by atoms with van der Waals surface area (Å²) in [5, 5.41) is 3.39. The summed E-state index contributed by atoms with van der Waals surface area (Å²) in [6.45, 7) is 0.592. The molecule has 0 bridgehead atoms. The monoisotopic (exact) mass is 328 g/mol. The van der Waals surface area contributed by atoms with Gasteiger partial charge in [0.15, 0.2) is 0 Å². The van der Waals surface area contributed by atoms with Crippen molar-refractivity contribution >= 4 is 21.8 Å². The Morgan fingerprint density at radius 2 is 2.26 bits per heavy atom. The summed E-state index contributed by atoms with van der Waals surface area (Å²) in [5.41, 5.74) is 6.25. The first-order valence-corrected chi connectivity index (χ1v) is 7.32. The van der Waals surface area contributed by atoms with E-state index in [1.165, 1.54) is 12.1 Å². The quantitative estimate of drug-likeness (QED) is 0.892. The van der Waals surface area contributed by atoms with Crippen LogP contribution in [0.2, 0.25) is 0 Å². The molecule has 0 saturated heterocycles. The van der Waals surface area contributed by atoms with Gasteiger partial charge in [-0.15, -0.1) is 0 Å². The number of rotatable bonds is 4. The molecule has 0 heterocycles. The van der Waals surface area contributed by atoms with E-state index in [9.17, 15) is 9.18 Å². The van der Waals surface area contributed by atoms with Crippen LogP contribution < -0.4 is 11.1 Å². The molecule has 2 atom stereocenters. The van der Waals surface area contributed by atoms with Gasteiger partial charge in [-0.25, -0.2) is 4.39 Å². The van der Waals surface area contributed by atoms with E-state index in [1.807, 2.05) is 0 Å². The van der Waals surface area contributed by atoms with E-state index in [0.717, 1.165) is 35.7 Å². The fraction of sp³-hybridized carbons (Fsp3) is 0.500. The van der Waals surface area contributed by atoms with Gasteiger partial charge in [-0.05, 0) is 43.0 Å². The number of halogens is 2. The molecule has 1 saturated carbocycles. The van der Waals surface area contributed by atoms with Crippen LogP contribution in [0.4, 0.5) is 4.39 Å². The lowest BCUT2D eigenvalue weighted by atomic mass is 9.85. The van der Waals surface area contributed by atoms with Gasteiger partial charge in [-0.3, -0.25) is 4.79 Å². The Kier molecular flexibility index (Phi) is 4.93. The first-order valence-electron chi connectivity index (χ1n) is 6.53. The first kappa shape index (κ1) is 14.5. The fourth-order valence-electron chi connectivity index (χ4n) is 2.57. The highest BCUT2D eigenvalue weighted by Crippen LogP contribution is 2.25. The molecule has 1 amide bonds. The maximum atomic E-state index is 13.2. The number of benzene rings is 1. The van der Waals surface area contributed by atoms with Crippen LogP contribution in [0.25, 0.3) is 0 Å². The molecule has 19 heavy (non-hydrogen) atoms. The van der Waals surface area contributed by atoms with Gasteiger partial charge >= 0.3 is 0 Å². The average molecular weight is 329 g/mol. The normalized spacial score (nSPS) is 23.3. The number of hydrogen-bond acceptors (Lipinski definition) is 2. The van der Waals surface area contributed by atoms with Crippen molar-refractivity contribution < 1.29 is 9.18 Å². The molecule has 104 valence electrons. The van der Waals surface area contributed by atoms with Gasteiger partial charge in [0.05, 0.1) is 0 Å². The number of nitrogens with two attached hydrogens (primary N) is 1. The lowest BCUT2D eigenvalue weighted by Gasteiger charge is -2.28. The van der Waals surface area contributed by atoms with Crippen LogP contribution in [0.3, 0.4) is 0 Å². The van der Waals surface area contributed by atoms with Crippen LogP contribution in [0.15, 0.2) is 22.7 Å². The van der Waals surface area contributed by atoms with E-state index in [1.54, 1.807) is 6.07 Å². The fourth-order valence-corrected chi connectivity index (χ4v) is 2.95. The van der Waals surface area contributed by atoms with Gasteiger partial charge in [0, 0.05) is 23.0 Å². The SMILES string of the molecule is NC(=O)[C@@H]1CCC[C@H](NCc2cc(F)ccc2Br)C1. The largest absolute Gasteiger partial charge is 0.369 e. The van der Waals surface area contributed by atoms with Gasteiger partial charge in [-0.1, -0.05) is 22.4 Å². The molecule has 3 nitrogen and oxygen atoms in total. The summed E-state index contributed by atoms with van der Waals surface area (Å²) >= 11 is 3.41. The van der Waals surface area contributed by atoms with Crippen molar-refractivity contribution in [1.29, 1.82) is 0 Å². The van der Waals surface area contributed by atoms with E-state index in [4.69, 9.17) is 5.73 Å². The van der Waals surface area contributed by atoms with Gasteiger partial charge < -0.3 is 11.1 Å². The molecule has 1 aromatic rings. The second-order valence-corrected chi connectivity index (χ2v) is 5.93. The van der Waals surface area contributed by atoms with Crippen LogP contribution >= 0.6 is 15.9 Å². The Balaban J connectivity index is 1.91. The van der Waals surface area contributed by atoms with Gasteiger partial charge in [-0.2, -0.15) is 0 Å². The zero-order valence-electron chi connectivity index (χ0n) is 10.7. The molecule has 5 heteroatoms. The average Bonchev–Trinajstić information content (AvgIpc) is 2.40. The number of primary amides is 1. The minimum atomic E-state index is -0.237. The third-order valence-corrected chi connectivity index (χ3v) is 4.44. The zero-order valence-corrected chi connectivity index (χ0v) is 12.2. The number of amides is 1.